The van der Waals surface area contributed by atoms with E-state index in [1.165, 1.54) is 0 Å². The summed E-state index contributed by atoms with van der Waals surface area (Å²) in [7, 11) is 0. The predicted molar refractivity (Wildman–Crippen MR) is 81.5 cm³/mol. The highest BCUT2D eigenvalue weighted by molar-refractivity contribution is 6.30. The molecule has 114 valence electrons. The first kappa shape index (κ1) is 15.8. The van der Waals surface area contributed by atoms with Crippen LogP contribution in [-0.4, -0.2) is 41.0 Å². The summed E-state index contributed by atoms with van der Waals surface area (Å²) in [5.74, 6) is -1.24. The van der Waals surface area contributed by atoms with Gasteiger partial charge in [-0.15, -0.1) is 0 Å². The third kappa shape index (κ3) is 4.72. The van der Waals surface area contributed by atoms with Gasteiger partial charge in [-0.3, -0.25) is 14.5 Å². The summed E-state index contributed by atoms with van der Waals surface area (Å²) in [4.78, 5) is 25.3. The third-order valence-electron chi connectivity index (χ3n) is 3.62. The standard InChI is InChI=1S/C15H19ClN2O3/c16-11-4-6-12(7-5-11)17-14(19)10-13(15(20)21)18-8-2-1-3-9-18/h4-7,13H,1-3,8-10H2,(H,17,19)(H,20,21). The molecule has 0 aliphatic carbocycles. The number of hydrogen-bond acceptors (Lipinski definition) is 3. The van der Waals surface area contributed by atoms with Gasteiger partial charge in [0.2, 0.25) is 5.91 Å². The summed E-state index contributed by atoms with van der Waals surface area (Å²) < 4.78 is 0. The smallest absolute Gasteiger partial charge is 0.321 e. The number of anilines is 1. The SMILES string of the molecule is O=C(CC(C(=O)O)N1CCCCC1)Nc1ccc(Cl)cc1. The van der Waals surface area contributed by atoms with Crippen molar-refractivity contribution in [3.63, 3.8) is 0 Å². The zero-order valence-electron chi connectivity index (χ0n) is 11.7. The average molecular weight is 311 g/mol. The number of nitrogens with one attached hydrogen (secondary N) is 1. The molecule has 2 N–H and O–H groups in total. The van der Waals surface area contributed by atoms with Crippen LogP contribution in [0, 0.1) is 0 Å². The fourth-order valence-electron chi connectivity index (χ4n) is 2.52. The van der Waals surface area contributed by atoms with Crippen LogP contribution in [0.2, 0.25) is 5.02 Å². The number of carbonyl (C=O) groups is 2. The van der Waals surface area contributed by atoms with Crippen LogP contribution >= 0.6 is 11.6 Å². The van der Waals surface area contributed by atoms with E-state index in [4.69, 9.17) is 11.6 Å². The number of piperidine rings is 1. The van der Waals surface area contributed by atoms with E-state index in [0.29, 0.717) is 10.7 Å². The monoisotopic (exact) mass is 310 g/mol. The minimum atomic E-state index is -0.942. The number of carboxylic acids is 1. The number of amides is 1. The molecular weight excluding hydrogens is 292 g/mol. The van der Waals surface area contributed by atoms with Crippen molar-refractivity contribution in [1.82, 2.24) is 4.90 Å². The van der Waals surface area contributed by atoms with Crippen molar-refractivity contribution in [2.45, 2.75) is 31.7 Å². The van der Waals surface area contributed by atoms with Crippen molar-refractivity contribution < 1.29 is 14.7 Å². The molecule has 2 rings (SSSR count). The van der Waals surface area contributed by atoms with Crippen LogP contribution in [0.3, 0.4) is 0 Å². The summed E-state index contributed by atoms with van der Waals surface area (Å²) >= 11 is 5.78. The van der Waals surface area contributed by atoms with E-state index in [0.717, 1.165) is 32.4 Å². The Hall–Kier alpha value is -1.59. The topological polar surface area (TPSA) is 69.6 Å². The molecular formula is C15H19ClN2O3. The van der Waals surface area contributed by atoms with Gasteiger partial charge < -0.3 is 10.4 Å². The molecule has 1 fully saturated rings. The van der Waals surface area contributed by atoms with Gasteiger partial charge in [-0.05, 0) is 50.2 Å². The van der Waals surface area contributed by atoms with Crippen molar-refractivity contribution in [2.24, 2.45) is 0 Å². The lowest BCUT2D eigenvalue weighted by Crippen LogP contribution is -2.45. The molecule has 0 spiro atoms. The summed E-state index contributed by atoms with van der Waals surface area (Å²) in [6, 6.07) is 5.98. The Labute approximate surface area is 128 Å². The molecule has 0 bridgehead atoms. The minimum Gasteiger partial charge on any atom is -0.480 e. The quantitative estimate of drug-likeness (QED) is 0.877. The van der Waals surface area contributed by atoms with E-state index in [2.05, 4.69) is 5.32 Å². The fourth-order valence-corrected chi connectivity index (χ4v) is 2.65. The van der Waals surface area contributed by atoms with E-state index >= 15 is 0 Å². The molecule has 1 aliphatic rings. The highest BCUT2D eigenvalue weighted by Crippen LogP contribution is 2.17. The van der Waals surface area contributed by atoms with E-state index in [-0.39, 0.29) is 12.3 Å². The van der Waals surface area contributed by atoms with Crippen LogP contribution in [-0.2, 0) is 9.59 Å². The number of halogens is 1. The zero-order chi connectivity index (χ0) is 15.2. The number of hydrogen-bond donors (Lipinski definition) is 2. The first-order valence-electron chi connectivity index (χ1n) is 7.08. The highest BCUT2D eigenvalue weighted by atomic mass is 35.5. The maximum Gasteiger partial charge on any atom is 0.321 e. The number of rotatable bonds is 5. The molecule has 6 heteroatoms. The molecule has 1 unspecified atom stereocenters. The molecule has 1 aromatic rings. The molecule has 5 nitrogen and oxygen atoms in total. The number of aliphatic carboxylic acids is 1. The Kier molecular flexibility index (Phi) is 5.59. The van der Waals surface area contributed by atoms with Crippen molar-refractivity contribution in [3.05, 3.63) is 29.3 Å². The predicted octanol–water partition coefficient (Wildman–Crippen LogP) is 2.61. The van der Waals surface area contributed by atoms with Crippen LogP contribution < -0.4 is 5.32 Å². The zero-order valence-corrected chi connectivity index (χ0v) is 12.5. The Morgan fingerprint density at radius 2 is 1.81 bits per heavy atom. The van der Waals surface area contributed by atoms with Crippen LogP contribution in [0.15, 0.2) is 24.3 Å². The van der Waals surface area contributed by atoms with Gasteiger partial charge in [0.25, 0.3) is 0 Å². The van der Waals surface area contributed by atoms with Gasteiger partial charge in [0, 0.05) is 10.7 Å². The summed E-state index contributed by atoms with van der Waals surface area (Å²) in [5, 5.41) is 12.6. The van der Waals surface area contributed by atoms with Gasteiger partial charge in [-0.1, -0.05) is 18.0 Å². The average Bonchev–Trinajstić information content (AvgIpc) is 2.48. The minimum absolute atomic E-state index is 0.0437. The lowest BCUT2D eigenvalue weighted by Gasteiger charge is -2.31. The Morgan fingerprint density at radius 3 is 2.38 bits per heavy atom. The highest BCUT2D eigenvalue weighted by Gasteiger charge is 2.29. The van der Waals surface area contributed by atoms with E-state index in [1.54, 1.807) is 24.3 Å². The third-order valence-corrected chi connectivity index (χ3v) is 3.88. The summed E-state index contributed by atoms with van der Waals surface area (Å²) in [5.41, 5.74) is 0.618. The van der Waals surface area contributed by atoms with E-state index in [9.17, 15) is 14.7 Å². The summed E-state index contributed by atoms with van der Waals surface area (Å²) in [6.45, 7) is 1.48. The molecule has 1 amide bonds. The Balaban J connectivity index is 1.94. The molecule has 1 aliphatic heterocycles. The number of nitrogens with zero attached hydrogens (tertiary/aromatic N) is 1. The first-order chi connectivity index (χ1) is 10.1. The molecule has 1 saturated heterocycles. The molecule has 1 heterocycles. The van der Waals surface area contributed by atoms with Crippen molar-refractivity contribution in [3.8, 4) is 0 Å². The van der Waals surface area contributed by atoms with Gasteiger partial charge in [0.1, 0.15) is 6.04 Å². The molecule has 0 aromatic heterocycles. The fraction of sp³-hybridized carbons (Fsp3) is 0.467. The summed E-state index contributed by atoms with van der Waals surface area (Å²) in [6.07, 6.45) is 3.06. The number of carboxylic acid groups (broad SMARTS) is 1. The largest absolute Gasteiger partial charge is 0.480 e. The van der Waals surface area contributed by atoms with Crippen molar-refractivity contribution >= 4 is 29.2 Å². The molecule has 1 aromatic carbocycles. The van der Waals surface area contributed by atoms with Gasteiger partial charge in [0.05, 0.1) is 6.42 Å². The molecule has 1 atom stereocenters. The second-order valence-corrected chi connectivity index (χ2v) is 5.65. The van der Waals surface area contributed by atoms with E-state index < -0.39 is 12.0 Å². The second kappa shape index (κ2) is 7.43. The van der Waals surface area contributed by atoms with Crippen molar-refractivity contribution in [2.75, 3.05) is 18.4 Å². The van der Waals surface area contributed by atoms with Gasteiger partial charge in [0.15, 0.2) is 0 Å². The lowest BCUT2D eigenvalue weighted by atomic mass is 10.1. The maximum atomic E-state index is 12.0. The van der Waals surface area contributed by atoms with Gasteiger partial charge >= 0.3 is 5.97 Å². The van der Waals surface area contributed by atoms with Crippen LogP contribution in [0.4, 0.5) is 5.69 Å². The van der Waals surface area contributed by atoms with Gasteiger partial charge in [-0.2, -0.15) is 0 Å². The first-order valence-corrected chi connectivity index (χ1v) is 7.46. The number of benzene rings is 1. The molecule has 21 heavy (non-hydrogen) atoms. The van der Waals surface area contributed by atoms with E-state index in [1.807, 2.05) is 4.90 Å². The molecule has 0 radical (unpaired) electrons. The lowest BCUT2D eigenvalue weighted by molar-refractivity contribution is -0.145. The van der Waals surface area contributed by atoms with Crippen LogP contribution in [0.1, 0.15) is 25.7 Å². The van der Waals surface area contributed by atoms with Crippen LogP contribution in [0.25, 0.3) is 0 Å². The Bertz CT molecular complexity index is 498. The van der Waals surface area contributed by atoms with Crippen molar-refractivity contribution in [1.29, 1.82) is 0 Å². The maximum absolute atomic E-state index is 12.0. The number of likely N-dealkylation sites (tertiary alicyclic amines) is 1. The Morgan fingerprint density at radius 1 is 1.19 bits per heavy atom. The van der Waals surface area contributed by atoms with Crippen LogP contribution in [0.5, 0.6) is 0 Å². The normalized spacial score (nSPS) is 17.2. The molecule has 0 saturated carbocycles. The van der Waals surface area contributed by atoms with Gasteiger partial charge in [-0.25, -0.2) is 0 Å². The second-order valence-electron chi connectivity index (χ2n) is 5.21. The number of carbonyl (C=O) groups excluding carboxylic acids is 1.